The van der Waals surface area contributed by atoms with E-state index >= 15 is 0 Å². The van der Waals surface area contributed by atoms with Crippen LogP contribution in [-0.4, -0.2) is 124 Å². The fraction of sp³-hybridized carbons (Fsp3) is 0.950. The van der Waals surface area contributed by atoms with E-state index in [0.717, 1.165) is 65.0 Å². The van der Waals surface area contributed by atoms with Gasteiger partial charge in [0, 0.05) is 78.0 Å². The summed E-state index contributed by atoms with van der Waals surface area (Å²) < 4.78 is 5.51. The number of ether oxygens (including phenoxy) is 1. The van der Waals surface area contributed by atoms with Gasteiger partial charge in [0.15, 0.2) is 5.96 Å². The van der Waals surface area contributed by atoms with Crippen LogP contribution in [-0.2, 0) is 4.74 Å². The molecule has 7 heteroatoms. The number of nitrogens with one attached hydrogen (secondary N) is 1. The minimum atomic E-state index is 0.597. The molecule has 3 rings (SSSR count). The van der Waals surface area contributed by atoms with Crippen LogP contribution in [0.1, 0.15) is 20.3 Å². The van der Waals surface area contributed by atoms with Gasteiger partial charge in [-0.2, -0.15) is 0 Å². The SMILES string of the molecule is CCNC(=NCC(C)CN1CCN(C)CC1)N1CCC(N2CCOCC2)C1. The summed E-state index contributed by atoms with van der Waals surface area (Å²) in [5.41, 5.74) is 0. The number of guanidine groups is 1. The van der Waals surface area contributed by atoms with E-state index in [2.05, 4.69) is 45.8 Å². The third-order valence-electron chi connectivity index (χ3n) is 6.08. The summed E-state index contributed by atoms with van der Waals surface area (Å²) in [4.78, 5) is 15.1. The van der Waals surface area contributed by atoms with Crippen LogP contribution in [0.2, 0.25) is 0 Å². The number of aliphatic imine (C=N–C) groups is 1. The van der Waals surface area contributed by atoms with Gasteiger partial charge < -0.3 is 24.8 Å². The van der Waals surface area contributed by atoms with E-state index in [1.165, 1.54) is 32.6 Å². The van der Waals surface area contributed by atoms with Gasteiger partial charge in [-0.05, 0) is 26.3 Å². The van der Waals surface area contributed by atoms with Crippen LogP contribution in [0.3, 0.4) is 0 Å². The maximum Gasteiger partial charge on any atom is 0.193 e. The quantitative estimate of drug-likeness (QED) is 0.526. The van der Waals surface area contributed by atoms with Gasteiger partial charge in [-0.1, -0.05) is 6.92 Å². The van der Waals surface area contributed by atoms with Crippen molar-refractivity contribution < 1.29 is 4.74 Å². The van der Waals surface area contributed by atoms with E-state index in [1.807, 2.05) is 0 Å². The Hall–Kier alpha value is -0.890. The molecule has 0 aromatic carbocycles. The zero-order valence-corrected chi connectivity index (χ0v) is 17.7. The molecule has 3 heterocycles. The highest BCUT2D eigenvalue weighted by Gasteiger charge is 2.30. The molecule has 0 aromatic heterocycles. The highest BCUT2D eigenvalue weighted by molar-refractivity contribution is 5.80. The predicted molar refractivity (Wildman–Crippen MR) is 111 cm³/mol. The van der Waals surface area contributed by atoms with Crippen LogP contribution in [0.15, 0.2) is 4.99 Å². The van der Waals surface area contributed by atoms with Gasteiger partial charge >= 0.3 is 0 Å². The molecule has 0 bridgehead atoms. The van der Waals surface area contributed by atoms with Crippen LogP contribution < -0.4 is 5.32 Å². The Bertz CT molecular complexity index is 459. The standard InChI is InChI=1S/C20H40N6O/c1-4-21-20(22-15-18(2)16-24-9-7-23(3)8-10-24)26-6-5-19(17-26)25-11-13-27-14-12-25/h18-19H,4-17H2,1-3H3,(H,21,22). The zero-order valence-electron chi connectivity index (χ0n) is 17.7. The van der Waals surface area contributed by atoms with E-state index in [9.17, 15) is 0 Å². The number of likely N-dealkylation sites (N-methyl/N-ethyl adjacent to an activating group) is 1. The molecule has 2 atom stereocenters. The fourth-order valence-corrected chi connectivity index (χ4v) is 4.37. The second-order valence-electron chi connectivity index (χ2n) is 8.44. The first-order valence-corrected chi connectivity index (χ1v) is 10.9. The Labute approximate surface area is 165 Å². The Kier molecular flexibility index (Phi) is 8.18. The Morgan fingerprint density at radius 1 is 1.11 bits per heavy atom. The van der Waals surface area contributed by atoms with Crippen molar-refractivity contribution in [2.75, 3.05) is 92.3 Å². The highest BCUT2D eigenvalue weighted by atomic mass is 16.5. The summed E-state index contributed by atoms with van der Waals surface area (Å²) in [7, 11) is 2.22. The minimum Gasteiger partial charge on any atom is -0.379 e. The van der Waals surface area contributed by atoms with Gasteiger partial charge in [-0.15, -0.1) is 0 Å². The molecule has 0 aromatic rings. The number of morpholine rings is 1. The van der Waals surface area contributed by atoms with Crippen molar-refractivity contribution >= 4 is 5.96 Å². The lowest BCUT2D eigenvalue weighted by Crippen LogP contribution is -2.47. The van der Waals surface area contributed by atoms with E-state index in [0.29, 0.717) is 12.0 Å². The second kappa shape index (κ2) is 10.6. The molecule has 156 valence electrons. The van der Waals surface area contributed by atoms with Gasteiger partial charge in [0.2, 0.25) is 0 Å². The molecule has 0 spiro atoms. The number of hydrogen-bond acceptors (Lipinski definition) is 5. The lowest BCUT2D eigenvalue weighted by atomic mass is 10.1. The molecule has 1 N–H and O–H groups in total. The Balaban J connectivity index is 1.47. The fourth-order valence-electron chi connectivity index (χ4n) is 4.37. The van der Waals surface area contributed by atoms with Crippen LogP contribution in [0.25, 0.3) is 0 Å². The largest absolute Gasteiger partial charge is 0.379 e. The summed E-state index contributed by atoms with van der Waals surface area (Å²) in [5.74, 6) is 1.71. The molecular weight excluding hydrogens is 340 g/mol. The number of hydrogen-bond donors (Lipinski definition) is 1. The summed E-state index contributed by atoms with van der Waals surface area (Å²) in [5, 5.41) is 3.53. The normalized spacial score (nSPS) is 27.9. The van der Waals surface area contributed by atoms with Crippen LogP contribution >= 0.6 is 0 Å². The number of rotatable bonds is 6. The summed E-state index contributed by atoms with van der Waals surface area (Å²) in [6.45, 7) is 18.4. The predicted octanol–water partition coefficient (Wildman–Crippen LogP) is 0.242. The average molecular weight is 381 g/mol. The van der Waals surface area contributed by atoms with E-state index < -0.39 is 0 Å². The molecule has 3 aliphatic rings. The number of nitrogens with zero attached hydrogens (tertiary/aromatic N) is 5. The molecule has 0 amide bonds. The van der Waals surface area contributed by atoms with Crippen LogP contribution in [0, 0.1) is 5.92 Å². The van der Waals surface area contributed by atoms with E-state index in [4.69, 9.17) is 9.73 Å². The van der Waals surface area contributed by atoms with Gasteiger partial charge in [0.1, 0.15) is 0 Å². The van der Waals surface area contributed by atoms with Gasteiger partial charge in [0.05, 0.1) is 13.2 Å². The maximum atomic E-state index is 5.51. The zero-order chi connectivity index (χ0) is 19.1. The molecule has 3 fully saturated rings. The lowest BCUT2D eigenvalue weighted by Gasteiger charge is -2.34. The number of piperazine rings is 1. The van der Waals surface area contributed by atoms with Crippen molar-refractivity contribution in [3.63, 3.8) is 0 Å². The molecule has 3 aliphatic heterocycles. The highest BCUT2D eigenvalue weighted by Crippen LogP contribution is 2.17. The van der Waals surface area contributed by atoms with Gasteiger partial charge in [-0.3, -0.25) is 9.89 Å². The molecule has 7 nitrogen and oxygen atoms in total. The minimum absolute atomic E-state index is 0.597. The third-order valence-corrected chi connectivity index (χ3v) is 6.08. The van der Waals surface area contributed by atoms with Crippen molar-refractivity contribution in [3.05, 3.63) is 0 Å². The van der Waals surface area contributed by atoms with E-state index in [1.54, 1.807) is 0 Å². The molecule has 0 aliphatic carbocycles. The Morgan fingerprint density at radius 2 is 1.85 bits per heavy atom. The van der Waals surface area contributed by atoms with Crippen molar-refractivity contribution in [2.24, 2.45) is 10.9 Å². The maximum absolute atomic E-state index is 5.51. The van der Waals surface area contributed by atoms with E-state index in [-0.39, 0.29) is 0 Å². The first-order valence-electron chi connectivity index (χ1n) is 10.9. The number of likely N-dealkylation sites (tertiary alicyclic amines) is 1. The molecule has 0 radical (unpaired) electrons. The Morgan fingerprint density at radius 3 is 2.56 bits per heavy atom. The molecular formula is C20H40N6O. The summed E-state index contributed by atoms with van der Waals surface area (Å²) in [6.07, 6.45) is 1.24. The first kappa shape index (κ1) is 20.8. The van der Waals surface area contributed by atoms with Gasteiger partial charge in [-0.25, -0.2) is 0 Å². The average Bonchev–Trinajstić information content (AvgIpc) is 3.18. The van der Waals surface area contributed by atoms with Crippen LogP contribution in [0.5, 0.6) is 0 Å². The van der Waals surface area contributed by atoms with Crippen LogP contribution in [0.4, 0.5) is 0 Å². The molecule has 2 unspecified atom stereocenters. The second-order valence-corrected chi connectivity index (χ2v) is 8.44. The molecule has 27 heavy (non-hydrogen) atoms. The molecule has 0 saturated carbocycles. The first-order chi connectivity index (χ1) is 13.2. The lowest BCUT2D eigenvalue weighted by molar-refractivity contribution is 0.0195. The van der Waals surface area contributed by atoms with Crippen molar-refractivity contribution in [1.29, 1.82) is 0 Å². The summed E-state index contributed by atoms with van der Waals surface area (Å²) >= 11 is 0. The third kappa shape index (κ3) is 6.31. The summed E-state index contributed by atoms with van der Waals surface area (Å²) in [6, 6.07) is 0.653. The topological polar surface area (TPSA) is 46.6 Å². The smallest absolute Gasteiger partial charge is 0.193 e. The molecule has 3 saturated heterocycles. The van der Waals surface area contributed by atoms with Crippen molar-refractivity contribution in [2.45, 2.75) is 26.3 Å². The van der Waals surface area contributed by atoms with Gasteiger partial charge in [0.25, 0.3) is 0 Å². The van der Waals surface area contributed by atoms with Crippen molar-refractivity contribution in [3.8, 4) is 0 Å². The monoisotopic (exact) mass is 380 g/mol. The van der Waals surface area contributed by atoms with Crippen molar-refractivity contribution in [1.82, 2.24) is 24.9 Å².